The van der Waals surface area contributed by atoms with Crippen molar-refractivity contribution in [3.63, 3.8) is 0 Å². The molecule has 2 aromatic carbocycles. The Hall–Kier alpha value is -1.43. The van der Waals surface area contributed by atoms with E-state index in [0.717, 1.165) is 0 Å². The SMILES string of the molecule is CC(C)(C)S(=O)CCNC(=O)c1ccc(F)cc1-c1ccc(Cl)c(Cl)c1. The molecule has 0 bridgehead atoms. The Morgan fingerprint density at radius 3 is 2.42 bits per heavy atom. The molecule has 0 radical (unpaired) electrons. The van der Waals surface area contributed by atoms with Crippen molar-refractivity contribution in [1.29, 1.82) is 0 Å². The molecular weight excluding hydrogens is 396 g/mol. The number of halogens is 3. The van der Waals surface area contributed by atoms with Crippen LogP contribution in [-0.2, 0) is 10.8 Å². The molecule has 1 amide bonds. The van der Waals surface area contributed by atoms with Crippen LogP contribution in [0.1, 0.15) is 31.1 Å². The van der Waals surface area contributed by atoms with Crippen molar-refractivity contribution in [1.82, 2.24) is 5.32 Å². The number of rotatable bonds is 5. The number of hydrogen-bond acceptors (Lipinski definition) is 2. The first kappa shape index (κ1) is 20.9. The third-order valence-corrected chi connectivity index (χ3v) is 6.39. The summed E-state index contributed by atoms with van der Waals surface area (Å²) >= 11 is 12.0. The van der Waals surface area contributed by atoms with Gasteiger partial charge in [0.15, 0.2) is 0 Å². The van der Waals surface area contributed by atoms with E-state index in [1.165, 1.54) is 18.2 Å². The zero-order valence-corrected chi connectivity index (χ0v) is 17.1. The minimum Gasteiger partial charge on any atom is -0.351 e. The fourth-order valence-electron chi connectivity index (χ4n) is 2.28. The molecule has 7 heteroatoms. The van der Waals surface area contributed by atoms with Crippen molar-refractivity contribution >= 4 is 39.9 Å². The number of carbonyl (C=O) groups excluding carboxylic acids is 1. The Kier molecular flexibility index (Phi) is 6.83. The van der Waals surface area contributed by atoms with Gasteiger partial charge in [0.1, 0.15) is 5.82 Å². The standard InChI is InChI=1S/C19H20Cl2FNO2S/c1-19(2,3)26(25)9-8-23-18(24)14-6-5-13(22)11-15(14)12-4-7-16(20)17(21)10-12/h4-7,10-11H,8-9H2,1-3H3,(H,23,24). The van der Waals surface area contributed by atoms with Gasteiger partial charge in [0.2, 0.25) is 0 Å². The molecule has 0 fully saturated rings. The van der Waals surface area contributed by atoms with E-state index in [2.05, 4.69) is 5.32 Å². The Balaban J connectivity index is 2.22. The van der Waals surface area contributed by atoms with Crippen LogP contribution in [0, 0.1) is 5.82 Å². The lowest BCUT2D eigenvalue weighted by Crippen LogP contribution is -2.32. The van der Waals surface area contributed by atoms with E-state index in [0.29, 0.717) is 32.5 Å². The van der Waals surface area contributed by atoms with Gasteiger partial charge in [-0.25, -0.2) is 4.39 Å². The van der Waals surface area contributed by atoms with Gasteiger partial charge in [-0.05, 0) is 62.2 Å². The first-order valence-corrected chi connectivity index (χ1v) is 10.1. The van der Waals surface area contributed by atoms with Crippen LogP contribution in [0.25, 0.3) is 11.1 Å². The smallest absolute Gasteiger partial charge is 0.251 e. The van der Waals surface area contributed by atoms with Crippen LogP contribution in [0.5, 0.6) is 0 Å². The minimum absolute atomic E-state index is 0.265. The normalized spacial score (nSPS) is 12.7. The number of nitrogens with one attached hydrogen (secondary N) is 1. The third-order valence-electron chi connectivity index (χ3n) is 3.71. The molecule has 0 spiro atoms. The predicted molar refractivity (Wildman–Crippen MR) is 107 cm³/mol. The molecule has 0 aliphatic rings. The summed E-state index contributed by atoms with van der Waals surface area (Å²) in [6.07, 6.45) is 0. The van der Waals surface area contributed by atoms with E-state index in [4.69, 9.17) is 23.2 Å². The molecule has 26 heavy (non-hydrogen) atoms. The summed E-state index contributed by atoms with van der Waals surface area (Å²) in [6.45, 7) is 5.91. The van der Waals surface area contributed by atoms with Crippen molar-refractivity contribution in [2.24, 2.45) is 0 Å². The molecule has 140 valence electrons. The van der Waals surface area contributed by atoms with Crippen LogP contribution < -0.4 is 5.32 Å². The minimum atomic E-state index is -1.07. The van der Waals surface area contributed by atoms with Crippen molar-refractivity contribution in [3.8, 4) is 11.1 Å². The summed E-state index contributed by atoms with van der Waals surface area (Å²) in [5.41, 5.74) is 1.31. The maximum absolute atomic E-state index is 13.7. The number of amides is 1. The van der Waals surface area contributed by atoms with Gasteiger partial charge in [0, 0.05) is 33.4 Å². The number of carbonyl (C=O) groups is 1. The third kappa shape index (κ3) is 5.29. The van der Waals surface area contributed by atoms with Crippen LogP contribution >= 0.6 is 23.2 Å². The molecule has 2 aromatic rings. The second kappa shape index (κ2) is 8.51. The molecule has 3 nitrogen and oxygen atoms in total. The average Bonchev–Trinajstić information content (AvgIpc) is 2.56. The van der Waals surface area contributed by atoms with Crippen molar-refractivity contribution in [3.05, 3.63) is 57.8 Å². The molecule has 0 saturated carbocycles. The van der Waals surface area contributed by atoms with E-state index >= 15 is 0 Å². The zero-order valence-electron chi connectivity index (χ0n) is 14.7. The topological polar surface area (TPSA) is 46.2 Å². The Bertz CT molecular complexity index is 850. The van der Waals surface area contributed by atoms with Gasteiger partial charge in [-0.3, -0.25) is 9.00 Å². The Morgan fingerprint density at radius 2 is 1.81 bits per heavy atom. The fraction of sp³-hybridized carbons (Fsp3) is 0.316. The highest BCUT2D eigenvalue weighted by Crippen LogP contribution is 2.31. The van der Waals surface area contributed by atoms with Crippen molar-refractivity contribution in [2.75, 3.05) is 12.3 Å². The quantitative estimate of drug-likeness (QED) is 0.739. The molecule has 1 unspecified atom stereocenters. The Morgan fingerprint density at radius 1 is 1.12 bits per heavy atom. The summed E-state index contributed by atoms with van der Waals surface area (Å²) in [4.78, 5) is 12.5. The largest absolute Gasteiger partial charge is 0.351 e. The summed E-state index contributed by atoms with van der Waals surface area (Å²) in [5, 5.41) is 3.44. The van der Waals surface area contributed by atoms with E-state index in [1.54, 1.807) is 18.2 Å². The van der Waals surface area contributed by atoms with Crippen LogP contribution in [0.15, 0.2) is 36.4 Å². The molecular formula is C19H20Cl2FNO2S. The average molecular weight is 416 g/mol. The van der Waals surface area contributed by atoms with Gasteiger partial charge in [-0.2, -0.15) is 0 Å². The molecule has 0 aromatic heterocycles. The summed E-state index contributed by atoms with van der Waals surface area (Å²) in [7, 11) is -1.07. The number of benzene rings is 2. The Labute approximate surface area is 165 Å². The van der Waals surface area contributed by atoms with Gasteiger partial charge < -0.3 is 5.32 Å². The lowest BCUT2D eigenvalue weighted by Gasteiger charge is -2.18. The van der Waals surface area contributed by atoms with Gasteiger partial charge in [-0.1, -0.05) is 29.3 Å². The molecule has 2 rings (SSSR count). The van der Waals surface area contributed by atoms with E-state index in [1.807, 2.05) is 20.8 Å². The molecule has 0 saturated heterocycles. The number of hydrogen-bond donors (Lipinski definition) is 1. The fourth-order valence-corrected chi connectivity index (χ4v) is 3.47. The van der Waals surface area contributed by atoms with Crippen molar-refractivity contribution in [2.45, 2.75) is 25.5 Å². The first-order chi connectivity index (χ1) is 12.1. The first-order valence-electron chi connectivity index (χ1n) is 8.01. The van der Waals surface area contributed by atoms with E-state index < -0.39 is 16.6 Å². The van der Waals surface area contributed by atoms with Crippen LogP contribution in [-0.4, -0.2) is 27.2 Å². The lowest BCUT2D eigenvalue weighted by atomic mass is 9.99. The van der Waals surface area contributed by atoms with Crippen LogP contribution in [0.2, 0.25) is 10.0 Å². The maximum atomic E-state index is 13.7. The van der Waals surface area contributed by atoms with Crippen molar-refractivity contribution < 1.29 is 13.4 Å². The van der Waals surface area contributed by atoms with E-state index in [9.17, 15) is 13.4 Å². The summed E-state index contributed by atoms with van der Waals surface area (Å²) < 4.78 is 25.5. The molecule has 0 heterocycles. The lowest BCUT2D eigenvalue weighted by molar-refractivity contribution is 0.0956. The second-order valence-electron chi connectivity index (χ2n) is 6.74. The van der Waals surface area contributed by atoms with Gasteiger partial charge in [-0.15, -0.1) is 0 Å². The van der Waals surface area contributed by atoms with Gasteiger partial charge >= 0.3 is 0 Å². The van der Waals surface area contributed by atoms with Crippen LogP contribution in [0.3, 0.4) is 0 Å². The van der Waals surface area contributed by atoms with E-state index in [-0.39, 0.29) is 17.2 Å². The zero-order chi connectivity index (χ0) is 19.5. The monoisotopic (exact) mass is 415 g/mol. The highest BCUT2D eigenvalue weighted by Gasteiger charge is 2.20. The second-order valence-corrected chi connectivity index (χ2v) is 9.88. The summed E-state index contributed by atoms with van der Waals surface area (Å²) in [6, 6.07) is 8.78. The maximum Gasteiger partial charge on any atom is 0.251 e. The van der Waals surface area contributed by atoms with Crippen LogP contribution in [0.4, 0.5) is 4.39 Å². The predicted octanol–water partition coefficient (Wildman–Crippen LogP) is 5.08. The summed E-state index contributed by atoms with van der Waals surface area (Å²) in [5.74, 6) is -0.480. The highest BCUT2D eigenvalue weighted by molar-refractivity contribution is 7.86. The molecule has 0 aliphatic carbocycles. The highest BCUT2D eigenvalue weighted by atomic mass is 35.5. The molecule has 1 N–H and O–H groups in total. The van der Waals surface area contributed by atoms with Gasteiger partial charge in [0.25, 0.3) is 5.91 Å². The molecule has 1 atom stereocenters. The van der Waals surface area contributed by atoms with Gasteiger partial charge in [0.05, 0.1) is 10.0 Å². The molecule has 0 aliphatic heterocycles.